The fourth-order valence-electron chi connectivity index (χ4n) is 1.76. The predicted octanol–water partition coefficient (Wildman–Crippen LogP) is 2.49. The van der Waals surface area contributed by atoms with Crippen molar-refractivity contribution in [3.8, 4) is 5.75 Å². The van der Waals surface area contributed by atoms with Crippen LogP contribution in [0.15, 0.2) is 30.3 Å². The minimum atomic E-state index is 0.370. The van der Waals surface area contributed by atoms with Crippen molar-refractivity contribution in [2.45, 2.75) is 13.5 Å². The zero-order valence-electron chi connectivity index (χ0n) is 10.2. The number of hydrogen-bond donors (Lipinski definition) is 0. The first-order chi connectivity index (χ1) is 9.28. The van der Waals surface area contributed by atoms with Gasteiger partial charge in [0, 0.05) is 0 Å². The highest BCUT2D eigenvalue weighted by atomic mass is 32.1. The molecule has 2 heterocycles. The molecule has 0 spiro atoms. The average molecular weight is 273 g/mol. The number of benzene rings is 1. The number of fused-ring (bicyclic) bond motifs is 1. The molecule has 2 aromatic heterocycles. The molecule has 19 heavy (non-hydrogen) atoms. The summed E-state index contributed by atoms with van der Waals surface area (Å²) in [5.74, 6) is 0.794. The summed E-state index contributed by atoms with van der Waals surface area (Å²) in [7, 11) is 0. The van der Waals surface area contributed by atoms with Gasteiger partial charge in [0.05, 0.1) is 5.69 Å². The fraction of sp³-hybridized carbons (Fsp3) is 0.154. The van der Waals surface area contributed by atoms with E-state index in [-0.39, 0.29) is 0 Å². The van der Waals surface area contributed by atoms with E-state index in [9.17, 15) is 4.79 Å². The lowest BCUT2D eigenvalue weighted by molar-refractivity contribution is 0.111. The van der Waals surface area contributed by atoms with E-state index in [2.05, 4.69) is 10.1 Å². The molecule has 0 amide bonds. The molecule has 0 fully saturated rings. The molecule has 0 atom stereocenters. The normalized spacial score (nSPS) is 10.8. The van der Waals surface area contributed by atoms with Crippen molar-refractivity contribution in [3.05, 3.63) is 46.7 Å². The molecular weight excluding hydrogens is 262 g/mol. The quantitative estimate of drug-likeness (QED) is 0.685. The van der Waals surface area contributed by atoms with Gasteiger partial charge in [0.2, 0.25) is 4.96 Å². The van der Waals surface area contributed by atoms with Gasteiger partial charge in [-0.15, -0.1) is 0 Å². The molecule has 0 unspecified atom stereocenters. The molecule has 3 aromatic rings. The first kappa shape index (κ1) is 11.9. The van der Waals surface area contributed by atoms with Crippen molar-refractivity contribution >= 4 is 22.6 Å². The van der Waals surface area contributed by atoms with Gasteiger partial charge in [0.15, 0.2) is 11.3 Å². The van der Waals surface area contributed by atoms with Crippen molar-refractivity contribution in [3.63, 3.8) is 0 Å². The number of ether oxygens (including phenoxy) is 1. The van der Waals surface area contributed by atoms with Gasteiger partial charge in [-0.3, -0.25) is 4.79 Å². The van der Waals surface area contributed by atoms with Gasteiger partial charge >= 0.3 is 0 Å². The maximum Gasteiger partial charge on any atom is 0.213 e. The van der Waals surface area contributed by atoms with Gasteiger partial charge in [-0.25, -0.2) is 4.98 Å². The molecule has 96 valence electrons. The number of rotatable bonds is 4. The van der Waals surface area contributed by atoms with E-state index < -0.39 is 0 Å². The van der Waals surface area contributed by atoms with Crippen LogP contribution < -0.4 is 4.74 Å². The maximum atomic E-state index is 11.0. The van der Waals surface area contributed by atoms with Crippen LogP contribution in [0.4, 0.5) is 0 Å². The molecule has 0 aliphatic carbocycles. The number of aryl methyl sites for hydroxylation is 1. The van der Waals surface area contributed by atoms with E-state index in [0.29, 0.717) is 23.0 Å². The smallest absolute Gasteiger partial charge is 0.213 e. The number of imidazole rings is 1. The summed E-state index contributed by atoms with van der Waals surface area (Å²) < 4.78 is 7.18. The molecule has 0 bridgehead atoms. The maximum absolute atomic E-state index is 11.0. The summed E-state index contributed by atoms with van der Waals surface area (Å²) in [5.41, 5.74) is 1.20. The first-order valence-electron chi connectivity index (χ1n) is 5.76. The topological polar surface area (TPSA) is 56.5 Å². The molecular formula is C13H11N3O2S. The average Bonchev–Trinajstić information content (AvgIpc) is 2.93. The third kappa shape index (κ3) is 2.22. The standard InChI is InChI=1S/C13H11N3O2S/c1-9-11(7-17)16-13(14-9)19-12(15-16)8-18-10-5-3-2-4-6-10/h2-7H,8H2,1H3. The highest BCUT2D eigenvalue weighted by molar-refractivity contribution is 7.16. The monoisotopic (exact) mass is 273 g/mol. The van der Waals surface area contributed by atoms with Crippen LogP contribution in [0.25, 0.3) is 4.96 Å². The van der Waals surface area contributed by atoms with Gasteiger partial charge in [-0.05, 0) is 19.1 Å². The third-order valence-corrected chi connectivity index (χ3v) is 3.56. The van der Waals surface area contributed by atoms with Crippen LogP contribution in [0.3, 0.4) is 0 Å². The third-order valence-electron chi connectivity index (χ3n) is 2.68. The Morgan fingerprint density at radius 2 is 2.16 bits per heavy atom. The molecule has 0 saturated carbocycles. The number of carbonyl (C=O) groups is 1. The summed E-state index contributed by atoms with van der Waals surface area (Å²) in [5, 5.41) is 5.12. The van der Waals surface area contributed by atoms with E-state index in [4.69, 9.17) is 4.74 Å². The molecule has 6 heteroatoms. The fourth-order valence-corrected chi connectivity index (χ4v) is 2.62. The Morgan fingerprint density at radius 1 is 1.37 bits per heavy atom. The van der Waals surface area contributed by atoms with Crippen molar-refractivity contribution in [1.82, 2.24) is 14.6 Å². The lowest BCUT2D eigenvalue weighted by atomic mass is 10.3. The number of para-hydroxylation sites is 1. The van der Waals surface area contributed by atoms with Crippen LogP contribution in [-0.4, -0.2) is 20.9 Å². The Labute approximate surface area is 113 Å². The van der Waals surface area contributed by atoms with Gasteiger partial charge in [-0.1, -0.05) is 29.5 Å². The Balaban J connectivity index is 1.82. The van der Waals surface area contributed by atoms with Crippen molar-refractivity contribution in [2.75, 3.05) is 0 Å². The SMILES string of the molecule is Cc1nc2sc(COc3ccccc3)nn2c1C=O. The van der Waals surface area contributed by atoms with E-state index in [1.807, 2.05) is 30.3 Å². The Hall–Kier alpha value is -2.21. The van der Waals surface area contributed by atoms with Crippen LogP contribution in [-0.2, 0) is 6.61 Å². The summed E-state index contributed by atoms with van der Waals surface area (Å²) in [4.78, 5) is 16.0. The zero-order chi connectivity index (χ0) is 13.2. The molecule has 5 nitrogen and oxygen atoms in total. The van der Waals surface area contributed by atoms with E-state index in [1.165, 1.54) is 11.3 Å². The molecule has 0 aliphatic rings. The van der Waals surface area contributed by atoms with Crippen LogP contribution in [0.1, 0.15) is 21.2 Å². The van der Waals surface area contributed by atoms with Crippen LogP contribution in [0.5, 0.6) is 5.75 Å². The van der Waals surface area contributed by atoms with Gasteiger partial charge in [0.25, 0.3) is 0 Å². The van der Waals surface area contributed by atoms with E-state index in [0.717, 1.165) is 17.0 Å². The second kappa shape index (κ2) is 4.81. The van der Waals surface area contributed by atoms with Crippen molar-refractivity contribution in [1.29, 1.82) is 0 Å². The number of hydrogen-bond acceptors (Lipinski definition) is 5. The van der Waals surface area contributed by atoms with Crippen molar-refractivity contribution in [2.24, 2.45) is 0 Å². The minimum Gasteiger partial charge on any atom is -0.486 e. The number of nitrogens with zero attached hydrogens (tertiary/aromatic N) is 3. The number of aldehydes is 1. The van der Waals surface area contributed by atoms with Crippen LogP contribution >= 0.6 is 11.3 Å². The highest BCUT2D eigenvalue weighted by Crippen LogP contribution is 2.19. The number of carbonyl (C=O) groups excluding carboxylic acids is 1. The lowest BCUT2D eigenvalue weighted by Gasteiger charge is -2.02. The minimum absolute atomic E-state index is 0.370. The van der Waals surface area contributed by atoms with E-state index in [1.54, 1.807) is 11.4 Å². The highest BCUT2D eigenvalue weighted by Gasteiger charge is 2.13. The molecule has 0 saturated heterocycles. The molecule has 0 aliphatic heterocycles. The molecule has 0 radical (unpaired) electrons. The summed E-state index contributed by atoms with van der Waals surface area (Å²) in [6, 6.07) is 9.54. The second-order valence-electron chi connectivity index (χ2n) is 3.99. The number of aromatic nitrogens is 3. The van der Waals surface area contributed by atoms with Crippen molar-refractivity contribution < 1.29 is 9.53 Å². The van der Waals surface area contributed by atoms with Gasteiger partial charge in [0.1, 0.15) is 18.1 Å². The largest absolute Gasteiger partial charge is 0.486 e. The Kier molecular flexibility index (Phi) is 3.00. The second-order valence-corrected chi connectivity index (χ2v) is 5.03. The zero-order valence-corrected chi connectivity index (χ0v) is 11.1. The van der Waals surface area contributed by atoms with Crippen LogP contribution in [0, 0.1) is 6.92 Å². The summed E-state index contributed by atoms with van der Waals surface area (Å²) >= 11 is 1.42. The molecule has 1 aromatic carbocycles. The molecule has 0 N–H and O–H groups in total. The first-order valence-corrected chi connectivity index (χ1v) is 6.57. The van der Waals surface area contributed by atoms with Gasteiger partial charge < -0.3 is 4.74 Å². The Bertz CT molecular complexity index is 718. The summed E-state index contributed by atoms with van der Waals surface area (Å²) in [6.45, 7) is 2.17. The predicted molar refractivity (Wildman–Crippen MR) is 71.8 cm³/mol. The Morgan fingerprint density at radius 3 is 2.89 bits per heavy atom. The van der Waals surface area contributed by atoms with Gasteiger partial charge in [-0.2, -0.15) is 9.61 Å². The van der Waals surface area contributed by atoms with Crippen LogP contribution in [0.2, 0.25) is 0 Å². The lowest BCUT2D eigenvalue weighted by Crippen LogP contribution is -1.98. The summed E-state index contributed by atoms with van der Waals surface area (Å²) in [6.07, 6.45) is 0.775. The van der Waals surface area contributed by atoms with E-state index >= 15 is 0 Å². The molecule has 3 rings (SSSR count).